The molecule has 1 aliphatic heterocycles. The summed E-state index contributed by atoms with van der Waals surface area (Å²) in [6, 6.07) is 3.97. The van der Waals surface area contributed by atoms with Gasteiger partial charge >= 0.3 is 0 Å². The van der Waals surface area contributed by atoms with E-state index in [9.17, 15) is 8.42 Å². The zero-order valence-corrected chi connectivity index (χ0v) is 12.7. The van der Waals surface area contributed by atoms with E-state index in [0.29, 0.717) is 13.1 Å². The number of sulfonamides is 1. The lowest BCUT2D eigenvalue weighted by atomic mass is 9.95. The number of imidazole rings is 1. The first-order valence-electron chi connectivity index (χ1n) is 6.93. The van der Waals surface area contributed by atoms with E-state index in [2.05, 4.69) is 9.97 Å². The molecule has 1 saturated heterocycles. The summed E-state index contributed by atoms with van der Waals surface area (Å²) in [5.41, 5.74) is 1.90. The molecule has 0 radical (unpaired) electrons. The highest BCUT2D eigenvalue weighted by molar-refractivity contribution is 7.88. The van der Waals surface area contributed by atoms with Gasteiger partial charge in [-0.3, -0.25) is 4.98 Å². The highest BCUT2D eigenvalue weighted by Gasteiger charge is 2.27. The van der Waals surface area contributed by atoms with Crippen LogP contribution in [-0.2, 0) is 10.0 Å². The summed E-state index contributed by atoms with van der Waals surface area (Å²) in [4.78, 5) is 8.51. The van der Waals surface area contributed by atoms with E-state index in [1.54, 1.807) is 23.0 Å². The molecule has 21 heavy (non-hydrogen) atoms. The minimum absolute atomic E-state index is 0.172. The highest BCUT2D eigenvalue weighted by Crippen LogP contribution is 2.27. The van der Waals surface area contributed by atoms with Crippen molar-refractivity contribution < 1.29 is 8.42 Å². The van der Waals surface area contributed by atoms with Crippen LogP contribution < -0.4 is 0 Å². The van der Waals surface area contributed by atoms with Crippen molar-refractivity contribution in [3.63, 3.8) is 0 Å². The molecule has 3 heterocycles. The monoisotopic (exact) mass is 306 g/mol. The fourth-order valence-electron chi connectivity index (χ4n) is 2.69. The largest absolute Gasteiger partial charge is 0.305 e. The van der Waals surface area contributed by atoms with Gasteiger partial charge < -0.3 is 4.57 Å². The quantitative estimate of drug-likeness (QED) is 0.860. The molecule has 2 aromatic heterocycles. The third kappa shape index (κ3) is 3.14. The number of hydrogen-bond acceptors (Lipinski definition) is 4. The first kappa shape index (κ1) is 14.2. The molecule has 1 fully saturated rings. The Morgan fingerprint density at radius 1 is 1.33 bits per heavy atom. The molecule has 1 unspecified atom stereocenters. The molecule has 0 aromatic carbocycles. The van der Waals surface area contributed by atoms with Crippen molar-refractivity contribution in [2.75, 3.05) is 19.3 Å². The van der Waals surface area contributed by atoms with Crippen LogP contribution in [0.15, 0.2) is 37.1 Å². The lowest BCUT2D eigenvalue weighted by Gasteiger charge is -2.30. The SMILES string of the molecule is CS(=O)(=O)N1CCCC(c2ccc(-n3ccnc3)cn2)C1. The summed E-state index contributed by atoms with van der Waals surface area (Å²) in [5, 5.41) is 0. The van der Waals surface area contributed by atoms with Crippen molar-refractivity contribution in [2.45, 2.75) is 18.8 Å². The van der Waals surface area contributed by atoms with Gasteiger partial charge in [-0.1, -0.05) is 0 Å². The summed E-state index contributed by atoms with van der Waals surface area (Å²) >= 11 is 0. The number of piperidine rings is 1. The molecule has 0 spiro atoms. The second-order valence-electron chi connectivity index (χ2n) is 5.37. The predicted molar refractivity (Wildman–Crippen MR) is 79.8 cm³/mol. The van der Waals surface area contributed by atoms with Crippen molar-refractivity contribution in [1.29, 1.82) is 0 Å². The molecule has 3 rings (SSSR count). The van der Waals surface area contributed by atoms with Crippen LogP contribution in [0.25, 0.3) is 5.69 Å². The minimum atomic E-state index is -3.12. The van der Waals surface area contributed by atoms with E-state index in [1.165, 1.54) is 6.26 Å². The van der Waals surface area contributed by atoms with Crippen LogP contribution >= 0.6 is 0 Å². The molecule has 0 aliphatic carbocycles. The van der Waals surface area contributed by atoms with Crippen molar-refractivity contribution in [3.05, 3.63) is 42.7 Å². The average Bonchev–Trinajstić information content (AvgIpc) is 3.01. The standard InChI is InChI=1S/C14H18N4O2S/c1-21(19,20)18-7-2-3-12(10-18)14-5-4-13(9-16-14)17-8-6-15-11-17/h4-6,8-9,11-12H,2-3,7,10H2,1H3. The Balaban J connectivity index is 1.78. The van der Waals surface area contributed by atoms with Crippen LogP contribution in [-0.4, -0.2) is 46.6 Å². The smallest absolute Gasteiger partial charge is 0.211 e. The second kappa shape index (κ2) is 5.57. The van der Waals surface area contributed by atoms with Gasteiger partial charge in [0, 0.05) is 37.1 Å². The van der Waals surface area contributed by atoms with Crippen LogP contribution in [0.4, 0.5) is 0 Å². The second-order valence-corrected chi connectivity index (χ2v) is 7.35. The van der Waals surface area contributed by atoms with Gasteiger partial charge in [0.1, 0.15) is 0 Å². The Morgan fingerprint density at radius 2 is 2.19 bits per heavy atom. The van der Waals surface area contributed by atoms with E-state index in [1.807, 2.05) is 22.9 Å². The third-order valence-electron chi connectivity index (χ3n) is 3.84. The molecule has 0 bridgehead atoms. The molecule has 6 nitrogen and oxygen atoms in total. The zero-order chi connectivity index (χ0) is 14.9. The lowest BCUT2D eigenvalue weighted by Crippen LogP contribution is -2.38. The van der Waals surface area contributed by atoms with Gasteiger partial charge in [-0.2, -0.15) is 0 Å². The number of aromatic nitrogens is 3. The van der Waals surface area contributed by atoms with Crippen LogP contribution in [0.5, 0.6) is 0 Å². The van der Waals surface area contributed by atoms with Gasteiger partial charge in [0.25, 0.3) is 0 Å². The van der Waals surface area contributed by atoms with Gasteiger partial charge in [0.05, 0.1) is 24.5 Å². The number of hydrogen-bond donors (Lipinski definition) is 0. The fourth-order valence-corrected chi connectivity index (χ4v) is 3.60. The number of nitrogens with zero attached hydrogens (tertiary/aromatic N) is 4. The van der Waals surface area contributed by atoms with Gasteiger partial charge in [0.2, 0.25) is 10.0 Å². The van der Waals surface area contributed by atoms with E-state index in [4.69, 9.17) is 0 Å². The molecule has 0 saturated carbocycles. The van der Waals surface area contributed by atoms with Gasteiger partial charge in [-0.05, 0) is 25.0 Å². The Labute approximate surface area is 124 Å². The molecular weight excluding hydrogens is 288 g/mol. The first-order chi connectivity index (χ1) is 10.0. The minimum Gasteiger partial charge on any atom is -0.305 e. The van der Waals surface area contributed by atoms with Crippen LogP contribution in [0.1, 0.15) is 24.5 Å². The van der Waals surface area contributed by atoms with Gasteiger partial charge in [-0.15, -0.1) is 0 Å². The molecular formula is C14H18N4O2S. The summed E-state index contributed by atoms with van der Waals surface area (Å²) in [5.74, 6) is 0.172. The fraction of sp³-hybridized carbons (Fsp3) is 0.429. The number of rotatable bonds is 3. The van der Waals surface area contributed by atoms with Crippen molar-refractivity contribution in [2.24, 2.45) is 0 Å². The maximum atomic E-state index is 11.7. The topological polar surface area (TPSA) is 68.1 Å². The van der Waals surface area contributed by atoms with E-state index < -0.39 is 10.0 Å². The molecule has 1 atom stereocenters. The van der Waals surface area contributed by atoms with E-state index >= 15 is 0 Å². The Hall–Kier alpha value is -1.73. The summed E-state index contributed by atoms with van der Waals surface area (Å²) in [6.07, 6.45) is 10.2. The lowest BCUT2D eigenvalue weighted by molar-refractivity contribution is 0.314. The molecule has 0 amide bonds. The van der Waals surface area contributed by atoms with Crippen molar-refractivity contribution >= 4 is 10.0 Å². The third-order valence-corrected chi connectivity index (χ3v) is 5.11. The molecule has 2 aromatic rings. The highest BCUT2D eigenvalue weighted by atomic mass is 32.2. The van der Waals surface area contributed by atoms with Crippen molar-refractivity contribution in [3.8, 4) is 5.69 Å². The van der Waals surface area contributed by atoms with Crippen LogP contribution in [0.3, 0.4) is 0 Å². The van der Waals surface area contributed by atoms with Gasteiger partial charge in [0.15, 0.2) is 0 Å². The molecule has 1 aliphatic rings. The average molecular weight is 306 g/mol. The Bertz CT molecular complexity index is 695. The predicted octanol–water partition coefficient (Wildman–Crippen LogP) is 1.41. The summed E-state index contributed by atoms with van der Waals surface area (Å²) < 4.78 is 26.8. The normalized spacial score (nSPS) is 20.5. The number of pyridine rings is 1. The van der Waals surface area contributed by atoms with Crippen LogP contribution in [0.2, 0.25) is 0 Å². The summed E-state index contributed by atoms with van der Waals surface area (Å²) in [6.45, 7) is 1.14. The maximum absolute atomic E-state index is 11.7. The van der Waals surface area contributed by atoms with Gasteiger partial charge in [-0.25, -0.2) is 17.7 Å². The molecule has 0 N–H and O–H groups in total. The zero-order valence-electron chi connectivity index (χ0n) is 11.9. The maximum Gasteiger partial charge on any atom is 0.211 e. The summed E-state index contributed by atoms with van der Waals surface area (Å²) in [7, 11) is -3.12. The molecule has 112 valence electrons. The van der Waals surface area contributed by atoms with Crippen LogP contribution in [0, 0.1) is 0 Å². The van der Waals surface area contributed by atoms with E-state index in [0.717, 1.165) is 24.2 Å². The first-order valence-corrected chi connectivity index (χ1v) is 8.78. The Morgan fingerprint density at radius 3 is 2.81 bits per heavy atom. The Kier molecular flexibility index (Phi) is 3.77. The molecule has 7 heteroatoms. The van der Waals surface area contributed by atoms with E-state index in [-0.39, 0.29) is 5.92 Å². The van der Waals surface area contributed by atoms with Crippen molar-refractivity contribution in [1.82, 2.24) is 18.8 Å².